The van der Waals surface area contributed by atoms with Gasteiger partial charge in [0.1, 0.15) is 36.2 Å². The highest BCUT2D eigenvalue weighted by Crippen LogP contribution is 2.25. The Labute approximate surface area is 318 Å². The summed E-state index contributed by atoms with van der Waals surface area (Å²) in [5, 5.41) is 0. The second-order valence-corrected chi connectivity index (χ2v) is 14.1. The van der Waals surface area contributed by atoms with Crippen LogP contribution in [0.15, 0.2) is 109 Å². The zero-order valence-corrected chi connectivity index (χ0v) is 32.0. The second-order valence-electron chi connectivity index (χ2n) is 14.1. The number of hydrogen-bond donors (Lipinski definition) is 0. The van der Waals surface area contributed by atoms with Gasteiger partial charge in [-0.1, -0.05) is 145 Å². The van der Waals surface area contributed by atoms with Gasteiger partial charge in [-0.25, -0.2) is 0 Å². The highest BCUT2D eigenvalue weighted by molar-refractivity contribution is 5.75. The fourth-order valence-electron chi connectivity index (χ4n) is 6.56. The average molecular weight is 721 g/mol. The molecule has 4 rings (SSSR count). The first kappa shape index (κ1) is 41.2. The van der Waals surface area contributed by atoms with E-state index in [-0.39, 0.29) is 23.8 Å². The van der Waals surface area contributed by atoms with Crippen LogP contribution >= 0.6 is 0 Å². The molecule has 0 N–H and O–H groups in total. The molecular weight excluding hydrogens is 661 g/mol. The zero-order chi connectivity index (χ0) is 37.4. The Bertz CT molecular complexity index is 1430. The molecular formula is C47H60O6. The minimum absolute atomic E-state index is 0.0619. The summed E-state index contributed by atoms with van der Waals surface area (Å²) in [6.07, 6.45) is 15.8. The molecule has 0 saturated heterocycles. The molecule has 0 aliphatic rings. The normalized spacial score (nSPS) is 12.1. The fraction of sp³-hybridized carbons (Fsp3) is 0.447. The van der Waals surface area contributed by atoms with Crippen LogP contribution in [0.25, 0.3) is 0 Å². The molecule has 0 saturated carbocycles. The van der Waals surface area contributed by atoms with E-state index >= 15 is 0 Å². The molecule has 0 fully saturated rings. The van der Waals surface area contributed by atoms with Gasteiger partial charge in [0.15, 0.2) is 0 Å². The topological polar surface area (TPSA) is 71.1 Å². The molecule has 6 nitrogen and oxygen atoms in total. The second kappa shape index (κ2) is 24.6. The lowest BCUT2D eigenvalue weighted by atomic mass is 9.95. The van der Waals surface area contributed by atoms with Gasteiger partial charge in [-0.2, -0.15) is 0 Å². The van der Waals surface area contributed by atoms with Crippen molar-refractivity contribution in [1.82, 2.24) is 0 Å². The third-order valence-corrected chi connectivity index (χ3v) is 9.63. The first-order valence-corrected chi connectivity index (χ1v) is 20.0. The Kier molecular flexibility index (Phi) is 19.1. The molecule has 0 aliphatic heterocycles. The van der Waals surface area contributed by atoms with E-state index in [4.69, 9.17) is 18.9 Å². The third-order valence-electron chi connectivity index (χ3n) is 9.63. The van der Waals surface area contributed by atoms with Crippen molar-refractivity contribution < 1.29 is 28.5 Å². The van der Waals surface area contributed by atoms with Gasteiger partial charge in [0, 0.05) is 0 Å². The molecule has 0 bridgehead atoms. The Morgan fingerprint density at radius 3 is 1.08 bits per heavy atom. The van der Waals surface area contributed by atoms with Crippen LogP contribution in [0.5, 0.6) is 23.0 Å². The predicted octanol–water partition coefficient (Wildman–Crippen LogP) is 12.5. The zero-order valence-electron chi connectivity index (χ0n) is 32.0. The molecule has 2 atom stereocenters. The first-order valence-electron chi connectivity index (χ1n) is 20.0. The number of carbonyl (C=O) groups is 2. The Hall–Kier alpha value is -4.58. The van der Waals surface area contributed by atoms with Crippen molar-refractivity contribution in [2.45, 2.75) is 123 Å². The van der Waals surface area contributed by atoms with E-state index in [0.717, 1.165) is 86.8 Å². The van der Waals surface area contributed by atoms with Crippen molar-refractivity contribution in [3.05, 3.63) is 120 Å². The average Bonchev–Trinajstić information content (AvgIpc) is 3.19. The summed E-state index contributed by atoms with van der Waals surface area (Å²) in [6.45, 7) is 5.25. The number of unbranched alkanes of at least 4 members (excludes halogenated alkanes) is 8. The Balaban J connectivity index is 1.02. The highest BCUT2D eigenvalue weighted by atomic mass is 16.5. The van der Waals surface area contributed by atoms with Crippen molar-refractivity contribution >= 4 is 11.9 Å². The van der Waals surface area contributed by atoms with E-state index < -0.39 is 0 Å². The van der Waals surface area contributed by atoms with Crippen LogP contribution in [0.4, 0.5) is 0 Å². The van der Waals surface area contributed by atoms with Crippen LogP contribution in [-0.2, 0) is 22.8 Å². The van der Waals surface area contributed by atoms with Crippen molar-refractivity contribution in [3.63, 3.8) is 0 Å². The molecule has 0 amide bonds. The van der Waals surface area contributed by atoms with E-state index in [1.807, 2.05) is 109 Å². The SMILES string of the molecule is CCC[C@H](CCCCCCCCCCC[C@@H](CCC)C(=O)Oc1ccc(OCc2ccccc2)cc1)C(=O)Oc1ccc(OCc2ccccc2)cc1. The van der Waals surface area contributed by atoms with E-state index in [2.05, 4.69) is 13.8 Å². The molecule has 0 spiro atoms. The predicted molar refractivity (Wildman–Crippen MR) is 213 cm³/mol. The van der Waals surface area contributed by atoms with Gasteiger partial charge in [0.25, 0.3) is 0 Å². The van der Waals surface area contributed by atoms with Crippen molar-refractivity contribution in [2.75, 3.05) is 0 Å². The lowest BCUT2D eigenvalue weighted by Gasteiger charge is -2.15. The van der Waals surface area contributed by atoms with Crippen molar-refractivity contribution in [2.24, 2.45) is 11.8 Å². The minimum Gasteiger partial charge on any atom is -0.489 e. The van der Waals surface area contributed by atoms with E-state index in [9.17, 15) is 9.59 Å². The molecule has 0 unspecified atom stereocenters. The van der Waals surface area contributed by atoms with Gasteiger partial charge in [-0.05, 0) is 85.3 Å². The van der Waals surface area contributed by atoms with Gasteiger partial charge in [0.2, 0.25) is 0 Å². The number of rotatable bonds is 26. The lowest BCUT2D eigenvalue weighted by molar-refractivity contribution is -0.140. The summed E-state index contributed by atoms with van der Waals surface area (Å²) in [4.78, 5) is 25.9. The quantitative estimate of drug-likeness (QED) is 0.0365. The van der Waals surface area contributed by atoms with Gasteiger partial charge in [-0.3, -0.25) is 9.59 Å². The van der Waals surface area contributed by atoms with Gasteiger partial charge in [0.05, 0.1) is 11.8 Å². The maximum atomic E-state index is 13.0. The number of hydrogen-bond acceptors (Lipinski definition) is 6. The summed E-state index contributed by atoms with van der Waals surface area (Å²) < 4.78 is 23.2. The lowest BCUT2D eigenvalue weighted by Crippen LogP contribution is -2.20. The molecule has 4 aromatic carbocycles. The highest BCUT2D eigenvalue weighted by Gasteiger charge is 2.21. The summed E-state index contributed by atoms with van der Waals surface area (Å²) in [7, 11) is 0. The van der Waals surface area contributed by atoms with Gasteiger partial charge < -0.3 is 18.9 Å². The molecule has 53 heavy (non-hydrogen) atoms. The molecule has 0 radical (unpaired) electrons. The molecule has 6 heteroatoms. The first-order chi connectivity index (χ1) is 26.0. The summed E-state index contributed by atoms with van der Waals surface area (Å²) in [5.74, 6) is 2.26. The van der Waals surface area contributed by atoms with Crippen molar-refractivity contribution in [1.29, 1.82) is 0 Å². The van der Waals surface area contributed by atoms with Crippen LogP contribution in [0, 0.1) is 11.8 Å². The molecule has 4 aromatic rings. The van der Waals surface area contributed by atoms with E-state index in [1.54, 1.807) is 0 Å². The molecule has 284 valence electrons. The Morgan fingerprint density at radius 1 is 0.415 bits per heavy atom. The van der Waals surface area contributed by atoms with Crippen LogP contribution in [0.3, 0.4) is 0 Å². The number of esters is 2. The molecule has 0 heterocycles. The number of ether oxygens (including phenoxy) is 4. The maximum Gasteiger partial charge on any atom is 0.314 e. The van der Waals surface area contributed by atoms with Crippen LogP contribution < -0.4 is 18.9 Å². The monoisotopic (exact) mass is 720 g/mol. The largest absolute Gasteiger partial charge is 0.489 e. The summed E-state index contributed by atoms with van der Waals surface area (Å²) in [5.41, 5.74) is 2.22. The number of benzene rings is 4. The van der Waals surface area contributed by atoms with E-state index in [1.165, 1.54) is 32.1 Å². The summed E-state index contributed by atoms with van der Waals surface area (Å²) >= 11 is 0. The number of carbonyl (C=O) groups excluding carboxylic acids is 2. The Morgan fingerprint density at radius 2 is 0.736 bits per heavy atom. The smallest absolute Gasteiger partial charge is 0.314 e. The third kappa shape index (κ3) is 16.3. The molecule has 0 aliphatic carbocycles. The van der Waals surface area contributed by atoms with Gasteiger partial charge in [-0.15, -0.1) is 0 Å². The summed E-state index contributed by atoms with van der Waals surface area (Å²) in [6, 6.07) is 34.8. The van der Waals surface area contributed by atoms with Crippen LogP contribution in [0.2, 0.25) is 0 Å². The van der Waals surface area contributed by atoms with Crippen LogP contribution in [0.1, 0.15) is 121 Å². The van der Waals surface area contributed by atoms with E-state index in [0.29, 0.717) is 24.7 Å². The van der Waals surface area contributed by atoms with Crippen molar-refractivity contribution in [3.8, 4) is 23.0 Å². The molecule has 0 aromatic heterocycles. The standard InChI is InChI=1S/C47H60O6/c1-3-20-40(46(48)52-44-32-28-42(29-33-44)50-36-38-22-14-12-15-23-38)26-18-10-8-6-5-7-9-11-19-27-41(21-4-2)47(49)53-45-34-30-43(31-35-45)51-37-39-24-16-13-17-25-39/h12-17,22-25,28-35,40-41H,3-11,18-21,26-27,36-37H2,1-2H3/t40-,41-/m1/s1. The maximum absolute atomic E-state index is 13.0. The van der Waals surface area contributed by atoms with Crippen LogP contribution in [-0.4, -0.2) is 11.9 Å². The minimum atomic E-state index is -0.127. The van der Waals surface area contributed by atoms with Gasteiger partial charge >= 0.3 is 11.9 Å². The fourth-order valence-corrected chi connectivity index (χ4v) is 6.56.